The molecule has 0 N–H and O–H groups in total. The third kappa shape index (κ3) is 3.11. The lowest BCUT2D eigenvalue weighted by molar-refractivity contribution is -0.130. The Bertz CT molecular complexity index is 255. The fourth-order valence-corrected chi connectivity index (χ4v) is 2.77. The van der Waals surface area contributed by atoms with Crippen LogP contribution in [0.15, 0.2) is 0 Å². The van der Waals surface area contributed by atoms with E-state index in [9.17, 15) is 4.79 Å². The summed E-state index contributed by atoms with van der Waals surface area (Å²) in [6.07, 6.45) is 4.86. The van der Waals surface area contributed by atoms with Crippen LogP contribution in [0.5, 0.6) is 0 Å². The summed E-state index contributed by atoms with van der Waals surface area (Å²) >= 11 is 5.66. The second-order valence-corrected chi connectivity index (χ2v) is 5.45. The minimum absolute atomic E-state index is 0.123. The highest BCUT2D eigenvalue weighted by atomic mass is 35.5. The molecule has 1 saturated carbocycles. The first kappa shape index (κ1) is 12.2. The van der Waals surface area contributed by atoms with Gasteiger partial charge in [0.05, 0.1) is 0 Å². The molecule has 1 saturated heterocycles. The van der Waals surface area contributed by atoms with Crippen molar-refractivity contribution in [2.24, 2.45) is 5.92 Å². The van der Waals surface area contributed by atoms with Crippen molar-refractivity contribution in [3.05, 3.63) is 0 Å². The van der Waals surface area contributed by atoms with Crippen LogP contribution in [-0.2, 0) is 4.79 Å². The van der Waals surface area contributed by atoms with E-state index < -0.39 is 0 Å². The second kappa shape index (κ2) is 5.37. The molecule has 4 heteroatoms. The van der Waals surface area contributed by atoms with Gasteiger partial charge in [-0.1, -0.05) is 0 Å². The van der Waals surface area contributed by atoms with Crippen molar-refractivity contribution in [2.75, 3.05) is 32.6 Å². The number of piperidine rings is 1. The number of carbonyl (C=O) groups is 1. The van der Waals surface area contributed by atoms with Crippen molar-refractivity contribution in [1.29, 1.82) is 0 Å². The zero-order valence-corrected chi connectivity index (χ0v) is 10.7. The molecule has 2 aliphatic rings. The number of halogens is 1. The largest absolute Gasteiger partial charge is 0.338 e. The summed E-state index contributed by atoms with van der Waals surface area (Å²) in [7, 11) is 2.16. The number of likely N-dealkylation sites (tertiary alicyclic amines) is 1. The Kier molecular flexibility index (Phi) is 4.09. The van der Waals surface area contributed by atoms with E-state index in [0.717, 1.165) is 13.1 Å². The van der Waals surface area contributed by atoms with Crippen LogP contribution >= 0.6 is 11.6 Å². The monoisotopic (exact) mass is 244 g/mol. The standard InChI is InChI=1S/C12H21ClN2O/c1-14-6-2-3-10(8-14)9-15(11-4-5-11)12(16)7-13/h10-11H,2-9H2,1H3/t10-/m1/s1. The Morgan fingerprint density at radius 1 is 1.44 bits per heavy atom. The molecule has 0 bridgehead atoms. The summed E-state index contributed by atoms with van der Waals surface area (Å²) in [6.45, 7) is 3.24. The Labute approximate surface area is 103 Å². The van der Waals surface area contributed by atoms with E-state index in [4.69, 9.17) is 11.6 Å². The lowest BCUT2D eigenvalue weighted by Crippen LogP contribution is -2.43. The van der Waals surface area contributed by atoms with Gasteiger partial charge >= 0.3 is 0 Å². The van der Waals surface area contributed by atoms with Crippen molar-refractivity contribution >= 4 is 17.5 Å². The molecular formula is C12H21ClN2O. The maximum Gasteiger partial charge on any atom is 0.237 e. The quantitative estimate of drug-likeness (QED) is 0.701. The molecule has 0 spiro atoms. The van der Waals surface area contributed by atoms with E-state index in [1.54, 1.807) is 0 Å². The van der Waals surface area contributed by atoms with Gasteiger partial charge in [-0.3, -0.25) is 4.79 Å². The van der Waals surface area contributed by atoms with Gasteiger partial charge in [0, 0.05) is 19.1 Å². The second-order valence-electron chi connectivity index (χ2n) is 5.18. The molecule has 16 heavy (non-hydrogen) atoms. The summed E-state index contributed by atoms with van der Waals surface area (Å²) in [5.41, 5.74) is 0. The number of nitrogens with zero attached hydrogens (tertiary/aromatic N) is 2. The number of hydrogen-bond donors (Lipinski definition) is 0. The Balaban J connectivity index is 1.87. The van der Waals surface area contributed by atoms with Crippen molar-refractivity contribution in [3.63, 3.8) is 0 Å². The van der Waals surface area contributed by atoms with Gasteiger partial charge in [0.1, 0.15) is 5.88 Å². The highest BCUT2D eigenvalue weighted by molar-refractivity contribution is 6.27. The predicted molar refractivity (Wildman–Crippen MR) is 65.7 cm³/mol. The van der Waals surface area contributed by atoms with E-state index in [-0.39, 0.29) is 11.8 Å². The van der Waals surface area contributed by atoms with Crippen molar-refractivity contribution in [3.8, 4) is 0 Å². The van der Waals surface area contributed by atoms with Crippen LogP contribution in [0.3, 0.4) is 0 Å². The molecule has 1 aliphatic heterocycles. The SMILES string of the molecule is CN1CCC[C@@H](CN(C(=O)CCl)C2CC2)C1. The minimum Gasteiger partial charge on any atom is -0.338 e. The van der Waals surface area contributed by atoms with Crippen LogP contribution < -0.4 is 0 Å². The molecule has 1 amide bonds. The van der Waals surface area contributed by atoms with Gasteiger partial charge in [0.25, 0.3) is 0 Å². The van der Waals surface area contributed by atoms with E-state index in [1.807, 2.05) is 4.90 Å². The van der Waals surface area contributed by atoms with Crippen LogP contribution in [0.1, 0.15) is 25.7 Å². The molecule has 0 aromatic rings. The highest BCUT2D eigenvalue weighted by Gasteiger charge is 2.34. The van der Waals surface area contributed by atoms with Crippen LogP contribution in [0.2, 0.25) is 0 Å². The average Bonchev–Trinajstić information content (AvgIpc) is 3.09. The molecule has 1 heterocycles. The van der Waals surface area contributed by atoms with Gasteiger partial charge in [-0.2, -0.15) is 0 Å². The van der Waals surface area contributed by atoms with Crippen LogP contribution in [0.25, 0.3) is 0 Å². The summed E-state index contributed by atoms with van der Waals surface area (Å²) < 4.78 is 0. The number of alkyl halides is 1. The number of amides is 1. The number of hydrogen-bond acceptors (Lipinski definition) is 2. The molecule has 1 aliphatic carbocycles. The Hall–Kier alpha value is -0.280. The lowest BCUT2D eigenvalue weighted by Gasteiger charge is -2.33. The van der Waals surface area contributed by atoms with Gasteiger partial charge in [-0.25, -0.2) is 0 Å². The summed E-state index contributed by atoms with van der Waals surface area (Å²) in [6, 6.07) is 0.499. The third-order valence-corrected chi connectivity index (χ3v) is 3.83. The zero-order chi connectivity index (χ0) is 11.5. The Morgan fingerprint density at radius 3 is 2.75 bits per heavy atom. The maximum atomic E-state index is 11.7. The molecule has 3 nitrogen and oxygen atoms in total. The Morgan fingerprint density at radius 2 is 2.19 bits per heavy atom. The molecule has 0 aromatic carbocycles. The van der Waals surface area contributed by atoms with Crippen LogP contribution in [0.4, 0.5) is 0 Å². The minimum atomic E-state index is 0.123. The molecule has 0 aromatic heterocycles. The number of rotatable bonds is 4. The molecule has 0 radical (unpaired) electrons. The van der Waals surface area contributed by atoms with Gasteiger partial charge in [-0.05, 0) is 45.2 Å². The van der Waals surface area contributed by atoms with Gasteiger partial charge in [0.2, 0.25) is 5.91 Å². The van der Waals surface area contributed by atoms with E-state index in [2.05, 4.69) is 11.9 Å². The lowest BCUT2D eigenvalue weighted by atomic mass is 9.98. The highest BCUT2D eigenvalue weighted by Crippen LogP contribution is 2.29. The molecule has 2 rings (SSSR count). The topological polar surface area (TPSA) is 23.6 Å². The predicted octanol–water partition coefficient (Wildman–Crippen LogP) is 1.56. The van der Waals surface area contributed by atoms with Crippen LogP contribution in [0, 0.1) is 5.92 Å². The van der Waals surface area contributed by atoms with E-state index >= 15 is 0 Å². The van der Waals surface area contributed by atoms with Crippen LogP contribution in [-0.4, -0.2) is 54.3 Å². The number of carbonyl (C=O) groups excluding carboxylic acids is 1. The zero-order valence-electron chi connectivity index (χ0n) is 9.99. The molecule has 0 unspecified atom stereocenters. The smallest absolute Gasteiger partial charge is 0.237 e. The van der Waals surface area contributed by atoms with Gasteiger partial charge < -0.3 is 9.80 Å². The summed E-state index contributed by atoms with van der Waals surface area (Å²) in [5, 5.41) is 0. The van der Waals surface area contributed by atoms with E-state index in [0.29, 0.717) is 12.0 Å². The van der Waals surface area contributed by atoms with Crippen molar-refractivity contribution in [1.82, 2.24) is 9.80 Å². The first-order valence-corrected chi connectivity index (χ1v) is 6.78. The summed E-state index contributed by atoms with van der Waals surface area (Å²) in [4.78, 5) is 16.1. The average molecular weight is 245 g/mol. The normalized spacial score (nSPS) is 26.8. The maximum absolute atomic E-state index is 11.7. The molecule has 1 atom stereocenters. The molecule has 92 valence electrons. The fourth-order valence-electron chi connectivity index (χ4n) is 2.62. The molecule has 2 fully saturated rings. The van der Waals surface area contributed by atoms with Crippen molar-refractivity contribution in [2.45, 2.75) is 31.7 Å². The molecular weight excluding hydrogens is 224 g/mol. The first-order chi connectivity index (χ1) is 7.70. The van der Waals surface area contributed by atoms with Gasteiger partial charge in [-0.15, -0.1) is 11.6 Å². The summed E-state index contributed by atoms with van der Waals surface area (Å²) in [5.74, 6) is 0.905. The fraction of sp³-hybridized carbons (Fsp3) is 0.917. The first-order valence-electron chi connectivity index (χ1n) is 6.24. The van der Waals surface area contributed by atoms with Gasteiger partial charge in [0.15, 0.2) is 0 Å². The van der Waals surface area contributed by atoms with E-state index in [1.165, 1.54) is 32.2 Å². The van der Waals surface area contributed by atoms with Crippen molar-refractivity contribution < 1.29 is 4.79 Å². The third-order valence-electron chi connectivity index (χ3n) is 3.60.